The molecule has 0 bridgehead atoms. The molecule has 1 aliphatic rings. The third-order valence-electron chi connectivity index (χ3n) is 4.20. The normalized spacial score (nSPS) is 16.4. The molecule has 144 valence electrons. The number of rotatable bonds is 6. The number of alkyl halides is 2. The molecule has 1 fully saturated rings. The van der Waals surface area contributed by atoms with Crippen molar-refractivity contribution < 1.29 is 27.8 Å². The summed E-state index contributed by atoms with van der Waals surface area (Å²) in [5.41, 5.74) is 0.284. The number of hydrogen-bond acceptors (Lipinski definition) is 5. The van der Waals surface area contributed by atoms with Crippen molar-refractivity contribution in [3.63, 3.8) is 0 Å². The van der Waals surface area contributed by atoms with Crippen molar-refractivity contribution in [3.05, 3.63) is 40.6 Å². The van der Waals surface area contributed by atoms with Crippen molar-refractivity contribution in [1.29, 1.82) is 0 Å². The number of benzene rings is 1. The Morgan fingerprint density at radius 1 is 1.30 bits per heavy atom. The van der Waals surface area contributed by atoms with Crippen LogP contribution >= 0.6 is 11.3 Å². The fourth-order valence-electron chi connectivity index (χ4n) is 2.99. The van der Waals surface area contributed by atoms with Gasteiger partial charge in [0.15, 0.2) is 11.5 Å². The standard InChI is InChI=1S/C18H18F2N2O4S/c1-25-13-7-6-11(10-14(13)26-18(19)20)21-16(23)12-4-2-8-22(12)17(24)15-5-3-9-27-15/h3,5-7,9-10,12,18H,2,4,8H2,1H3,(H,21,23)/t12-/m0/s1. The summed E-state index contributed by atoms with van der Waals surface area (Å²) in [5, 5.41) is 4.47. The highest BCUT2D eigenvalue weighted by atomic mass is 32.1. The van der Waals surface area contributed by atoms with Gasteiger partial charge < -0.3 is 19.7 Å². The zero-order valence-electron chi connectivity index (χ0n) is 14.5. The maximum atomic E-state index is 12.7. The number of anilines is 1. The van der Waals surface area contributed by atoms with Gasteiger partial charge in [-0.25, -0.2) is 0 Å². The number of ether oxygens (including phenoxy) is 2. The van der Waals surface area contributed by atoms with Gasteiger partial charge in [-0.1, -0.05) is 6.07 Å². The summed E-state index contributed by atoms with van der Waals surface area (Å²) in [7, 11) is 1.33. The summed E-state index contributed by atoms with van der Waals surface area (Å²) in [6.07, 6.45) is 1.26. The Balaban J connectivity index is 1.73. The number of carbonyl (C=O) groups excluding carboxylic acids is 2. The monoisotopic (exact) mass is 396 g/mol. The van der Waals surface area contributed by atoms with Crippen LogP contribution in [-0.4, -0.2) is 43.0 Å². The van der Waals surface area contributed by atoms with E-state index in [4.69, 9.17) is 4.74 Å². The van der Waals surface area contributed by atoms with Crippen LogP contribution in [0.3, 0.4) is 0 Å². The Morgan fingerprint density at radius 2 is 2.11 bits per heavy atom. The second kappa shape index (κ2) is 8.34. The number of carbonyl (C=O) groups is 2. The average molecular weight is 396 g/mol. The van der Waals surface area contributed by atoms with Gasteiger partial charge in [-0.3, -0.25) is 9.59 Å². The smallest absolute Gasteiger partial charge is 0.387 e. The van der Waals surface area contributed by atoms with Crippen LogP contribution in [-0.2, 0) is 4.79 Å². The number of likely N-dealkylation sites (tertiary alicyclic amines) is 1. The van der Waals surface area contributed by atoms with E-state index in [0.29, 0.717) is 17.8 Å². The minimum absolute atomic E-state index is 0.128. The molecule has 6 nitrogen and oxygen atoms in total. The van der Waals surface area contributed by atoms with E-state index < -0.39 is 12.7 Å². The van der Waals surface area contributed by atoms with E-state index in [1.807, 2.05) is 0 Å². The topological polar surface area (TPSA) is 67.9 Å². The lowest BCUT2D eigenvalue weighted by Gasteiger charge is -2.23. The summed E-state index contributed by atoms with van der Waals surface area (Å²) in [4.78, 5) is 27.4. The van der Waals surface area contributed by atoms with Gasteiger partial charge in [0.1, 0.15) is 6.04 Å². The van der Waals surface area contributed by atoms with Gasteiger partial charge in [0.05, 0.1) is 12.0 Å². The minimum atomic E-state index is -3.02. The number of hydrogen-bond donors (Lipinski definition) is 1. The number of methoxy groups -OCH3 is 1. The molecule has 27 heavy (non-hydrogen) atoms. The number of thiophene rings is 1. The molecule has 2 amide bonds. The SMILES string of the molecule is COc1ccc(NC(=O)[C@@H]2CCCN2C(=O)c2cccs2)cc1OC(F)F. The van der Waals surface area contributed by atoms with E-state index >= 15 is 0 Å². The number of amides is 2. The first-order valence-corrected chi connectivity index (χ1v) is 9.15. The van der Waals surface area contributed by atoms with E-state index in [2.05, 4.69) is 10.1 Å². The average Bonchev–Trinajstić information content (AvgIpc) is 3.33. The van der Waals surface area contributed by atoms with Crippen LogP contribution in [0.25, 0.3) is 0 Å². The van der Waals surface area contributed by atoms with E-state index in [1.165, 1.54) is 36.6 Å². The Hall–Kier alpha value is -2.68. The molecule has 1 atom stereocenters. The molecule has 2 aromatic rings. The number of halogens is 2. The molecule has 1 aromatic heterocycles. The molecular formula is C18H18F2N2O4S. The van der Waals surface area contributed by atoms with Gasteiger partial charge >= 0.3 is 6.61 Å². The number of nitrogens with zero attached hydrogens (tertiary/aromatic N) is 1. The quantitative estimate of drug-likeness (QED) is 0.810. The molecule has 0 radical (unpaired) electrons. The summed E-state index contributed by atoms with van der Waals surface area (Å²) >= 11 is 1.32. The van der Waals surface area contributed by atoms with Crippen LogP contribution < -0.4 is 14.8 Å². The van der Waals surface area contributed by atoms with Crippen LogP contribution in [0.15, 0.2) is 35.7 Å². The summed E-state index contributed by atoms with van der Waals surface area (Å²) in [5.74, 6) is -0.600. The van der Waals surface area contributed by atoms with Gasteiger partial charge in [-0.15, -0.1) is 11.3 Å². The van der Waals surface area contributed by atoms with Crippen LogP contribution in [0, 0.1) is 0 Å². The molecule has 1 aromatic carbocycles. The molecule has 0 saturated carbocycles. The molecule has 0 aliphatic carbocycles. The highest BCUT2D eigenvalue weighted by Crippen LogP contribution is 2.32. The van der Waals surface area contributed by atoms with E-state index in [-0.39, 0.29) is 29.0 Å². The lowest BCUT2D eigenvalue weighted by atomic mass is 10.2. The van der Waals surface area contributed by atoms with Crippen molar-refractivity contribution in [2.75, 3.05) is 19.0 Å². The largest absolute Gasteiger partial charge is 0.493 e. The summed E-state index contributed by atoms with van der Waals surface area (Å²) in [6, 6.07) is 7.11. The highest BCUT2D eigenvalue weighted by Gasteiger charge is 2.35. The molecule has 0 spiro atoms. The van der Waals surface area contributed by atoms with Crippen LogP contribution in [0.5, 0.6) is 11.5 Å². The molecule has 2 heterocycles. The maximum Gasteiger partial charge on any atom is 0.387 e. The zero-order valence-corrected chi connectivity index (χ0v) is 15.3. The lowest BCUT2D eigenvalue weighted by Crippen LogP contribution is -2.42. The van der Waals surface area contributed by atoms with Crippen molar-refractivity contribution in [2.45, 2.75) is 25.5 Å². The minimum Gasteiger partial charge on any atom is -0.493 e. The van der Waals surface area contributed by atoms with Gasteiger partial charge in [-0.05, 0) is 36.4 Å². The second-order valence-corrected chi connectivity index (χ2v) is 6.81. The van der Waals surface area contributed by atoms with Crippen molar-refractivity contribution in [1.82, 2.24) is 4.90 Å². The van der Waals surface area contributed by atoms with Crippen molar-refractivity contribution in [3.8, 4) is 11.5 Å². The third-order valence-corrected chi connectivity index (χ3v) is 5.05. The van der Waals surface area contributed by atoms with Gasteiger partial charge in [0, 0.05) is 18.3 Å². The van der Waals surface area contributed by atoms with E-state index in [9.17, 15) is 18.4 Å². The van der Waals surface area contributed by atoms with Gasteiger partial charge in [-0.2, -0.15) is 8.78 Å². The van der Waals surface area contributed by atoms with Crippen LogP contribution in [0.4, 0.5) is 14.5 Å². The molecular weight excluding hydrogens is 378 g/mol. The van der Waals surface area contributed by atoms with E-state index in [0.717, 1.165) is 6.42 Å². The third kappa shape index (κ3) is 4.36. The molecule has 1 aliphatic heterocycles. The molecule has 9 heteroatoms. The highest BCUT2D eigenvalue weighted by molar-refractivity contribution is 7.12. The molecule has 0 unspecified atom stereocenters. The first-order chi connectivity index (χ1) is 13.0. The van der Waals surface area contributed by atoms with Crippen LogP contribution in [0.1, 0.15) is 22.5 Å². The predicted octanol–water partition coefficient (Wildman–Crippen LogP) is 3.60. The zero-order chi connectivity index (χ0) is 19.4. The van der Waals surface area contributed by atoms with E-state index in [1.54, 1.807) is 22.4 Å². The Labute approximate surface area is 158 Å². The summed E-state index contributed by atoms with van der Waals surface area (Å²) < 4.78 is 34.5. The molecule has 1 N–H and O–H groups in total. The van der Waals surface area contributed by atoms with Gasteiger partial charge in [0.25, 0.3) is 5.91 Å². The first-order valence-electron chi connectivity index (χ1n) is 8.28. The Kier molecular flexibility index (Phi) is 5.90. The fraction of sp³-hybridized carbons (Fsp3) is 0.333. The summed E-state index contributed by atoms with van der Waals surface area (Å²) in [6.45, 7) is -2.52. The molecule has 3 rings (SSSR count). The maximum absolute atomic E-state index is 12.7. The first kappa shape index (κ1) is 19.1. The molecule has 1 saturated heterocycles. The Bertz CT molecular complexity index is 814. The van der Waals surface area contributed by atoms with Gasteiger partial charge in [0.2, 0.25) is 5.91 Å². The van der Waals surface area contributed by atoms with Crippen molar-refractivity contribution in [2.24, 2.45) is 0 Å². The lowest BCUT2D eigenvalue weighted by molar-refractivity contribution is -0.119. The Morgan fingerprint density at radius 3 is 2.78 bits per heavy atom. The second-order valence-electron chi connectivity index (χ2n) is 5.87. The fourth-order valence-corrected chi connectivity index (χ4v) is 3.67. The number of nitrogens with one attached hydrogen (secondary N) is 1. The van der Waals surface area contributed by atoms with Crippen molar-refractivity contribution >= 4 is 28.8 Å². The van der Waals surface area contributed by atoms with Crippen LogP contribution in [0.2, 0.25) is 0 Å². The predicted molar refractivity (Wildman–Crippen MR) is 96.6 cm³/mol.